The zero-order valence-corrected chi connectivity index (χ0v) is 17.0. The zero-order chi connectivity index (χ0) is 20.6. The number of hydrogen-bond donors (Lipinski definition) is 4. The Bertz CT molecular complexity index is 1250. The molecule has 0 amide bonds. The minimum Gasteiger partial charge on any atom is -0.343 e. The summed E-state index contributed by atoms with van der Waals surface area (Å²) in [6.45, 7) is 3.81. The topological polar surface area (TPSA) is 124 Å². The summed E-state index contributed by atoms with van der Waals surface area (Å²) in [5.41, 5.74) is 3.30. The van der Waals surface area contributed by atoms with Gasteiger partial charge in [0.25, 0.3) is 0 Å². The van der Waals surface area contributed by atoms with Gasteiger partial charge in [0.1, 0.15) is 0 Å². The van der Waals surface area contributed by atoms with E-state index >= 15 is 0 Å². The largest absolute Gasteiger partial charge is 0.343 e. The maximum Gasteiger partial charge on any atom is 0.227 e. The lowest BCUT2D eigenvalue weighted by molar-refractivity contribution is 0.563. The molecule has 2 heterocycles. The number of anilines is 2. The Balaban J connectivity index is 1.56. The van der Waals surface area contributed by atoms with Gasteiger partial charge < -0.3 is 16.0 Å². The normalized spacial score (nSPS) is 18.9. The highest BCUT2D eigenvalue weighted by molar-refractivity contribution is 7.90. The number of nitrogens with zero attached hydrogens (tertiary/aromatic N) is 3. The fourth-order valence-electron chi connectivity index (χ4n) is 3.06. The number of guanidine groups is 1. The monoisotopic (exact) mass is 411 g/mol. The van der Waals surface area contributed by atoms with Crippen molar-refractivity contribution in [2.24, 2.45) is 9.98 Å². The van der Waals surface area contributed by atoms with Crippen molar-refractivity contribution < 1.29 is 8.42 Å². The van der Waals surface area contributed by atoms with Crippen LogP contribution in [0.15, 0.2) is 57.3 Å². The molecule has 0 spiro atoms. The van der Waals surface area contributed by atoms with Crippen molar-refractivity contribution in [3.8, 4) is 0 Å². The van der Waals surface area contributed by atoms with Crippen LogP contribution in [0.1, 0.15) is 12.6 Å². The van der Waals surface area contributed by atoms with Crippen LogP contribution in [0.3, 0.4) is 0 Å². The van der Waals surface area contributed by atoms with Crippen LogP contribution in [0.5, 0.6) is 0 Å². The number of sulfone groups is 1. The van der Waals surface area contributed by atoms with Crippen LogP contribution in [0.4, 0.5) is 11.4 Å². The highest BCUT2D eigenvalue weighted by Crippen LogP contribution is 2.24. The lowest BCUT2D eigenvalue weighted by atomic mass is 10.2. The Kier molecular flexibility index (Phi) is 4.50. The fraction of sp³-hybridized carbons (Fsp3) is 0.211. The van der Waals surface area contributed by atoms with Crippen LogP contribution in [0, 0.1) is 6.92 Å². The molecule has 3 aromatic rings. The molecule has 0 aliphatic carbocycles. The molecule has 2 aromatic carbocycles. The van der Waals surface area contributed by atoms with E-state index in [1.54, 1.807) is 30.6 Å². The number of aryl methyl sites for hydroxylation is 1. The lowest BCUT2D eigenvalue weighted by Crippen LogP contribution is -2.43. The molecule has 4 N–H and O–H groups in total. The minimum absolute atomic E-state index is 0.232. The Morgan fingerprint density at radius 3 is 2.72 bits per heavy atom. The van der Waals surface area contributed by atoms with Gasteiger partial charge in [-0.25, -0.2) is 18.4 Å². The van der Waals surface area contributed by atoms with Gasteiger partial charge in [-0.05, 0) is 43.3 Å². The van der Waals surface area contributed by atoms with Gasteiger partial charge >= 0.3 is 0 Å². The van der Waals surface area contributed by atoms with Gasteiger partial charge in [-0.2, -0.15) is 5.10 Å². The van der Waals surface area contributed by atoms with E-state index in [-0.39, 0.29) is 4.90 Å². The molecule has 29 heavy (non-hydrogen) atoms. The summed E-state index contributed by atoms with van der Waals surface area (Å²) in [5, 5.41) is 17.6. The van der Waals surface area contributed by atoms with E-state index in [0.29, 0.717) is 11.6 Å². The summed E-state index contributed by atoms with van der Waals surface area (Å²) in [5.74, 6) is -0.501. The van der Waals surface area contributed by atoms with E-state index in [2.05, 4.69) is 36.1 Å². The van der Waals surface area contributed by atoms with Gasteiger partial charge in [-0.3, -0.25) is 5.10 Å². The number of rotatable bonds is 4. The number of H-pyrrole nitrogens is 1. The average Bonchev–Trinajstić information content (AvgIpc) is 3.01. The van der Waals surface area contributed by atoms with Gasteiger partial charge in [0, 0.05) is 35.6 Å². The molecule has 150 valence electrons. The lowest BCUT2D eigenvalue weighted by Gasteiger charge is -2.28. The Morgan fingerprint density at radius 1 is 1.10 bits per heavy atom. The highest BCUT2D eigenvalue weighted by Gasteiger charge is 2.25. The van der Waals surface area contributed by atoms with E-state index in [0.717, 1.165) is 22.3 Å². The van der Waals surface area contributed by atoms with Crippen LogP contribution in [0.25, 0.3) is 10.9 Å². The van der Waals surface area contributed by atoms with Gasteiger partial charge in [-0.1, -0.05) is 6.07 Å². The highest BCUT2D eigenvalue weighted by atomic mass is 32.2. The summed E-state index contributed by atoms with van der Waals surface area (Å²) in [6, 6.07) is 12.4. The predicted molar refractivity (Wildman–Crippen MR) is 115 cm³/mol. The standard InChI is InChI=1S/C19H21N7O2S/c1-12-16-8-7-14(10-17(16)26-25-12)23-19(2)21-11-20-18(24-19)22-13-5-4-6-15(9-13)29(3,27)28/h4-11,23H,1-3H3,(H,25,26)(H2,20,21,22,24). The molecule has 1 aromatic heterocycles. The van der Waals surface area contributed by atoms with E-state index in [1.807, 2.05) is 32.0 Å². The number of fused-ring (bicyclic) bond motifs is 1. The first kappa shape index (κ1) is 18.9. The summed E-state index contributed by atoms with van der Waals surface area (Å²) < 4.78 is 23.5. The van der Waals surface area contributed by atoms with Crippen LogP contribution in [0.2, 0.25) is 0 Å². The van der Waals surface area contributed by atoms with E-state index in [4.69, 9.17) is 0 Å². The molecule has 0 saturated heterocycles. The molecular weight excluding hydrogens is 390 g/mol. The molecule has 1 aliphatic heterocycles. The molecule has 1 unspecified atom stereocenters. The molecule has 0 radical (unpaired) electrons. The summed E-state index contributed by atoms with van der Waals surface area (Å²) in [4.78, 5) is 9.21. The Labute approximate surface area is 168 Å². The molecule has 10 heteroatoms. The first-order valence-electron chi connectivity index (χ1n) is 8.92. The summed E-state index contributed by atoms with van der Waals surface area (Å²) in [7, 11) is -3.29. The van der Waals surface area contributed by atoms with Gasteiger partial charge in [-0.15, -0.1) is 0 Å². The number of aromatic amines is 1. The Morgan fingerprint density at radius 2 is 1.93 bits per heavy atom. The molecule has 9 nitrogen and oxygen atoms in total. The first-order chi connectivity index (χ1) is 13.7. The number of aromatic nitrogens is 2. The average molecular weight is 411 g/mol. The number of nitrogens with one attached hydrogen (secondary N) is 4. The summed E-state index contributed by atoms with van der Waals surface area (Å²) in [6.07, 6.45) is 2.72. The van der Waals surface area contributed by atoms with E-state index in [9.17, 15) is 8.42 Å². The van der Waals surface area contributed by atoms with Gasteiger partial charge in [0.15, 0.2) is 9.84 Å². The second-order valence-electron chi connectivity index (χ2n) is 7.01. The van der Waals surface area contributed by atoms with Crippen molar-refractivity contribution in [2.45, 2.75) is 24.5 Å². The van der Waals surface area contributed by atoms with Crippen LogP contribution in [-0.4, -0.2) is 43.0 Å². The SMILES string of the molecule is Cc1[nH]nc2cc(NC3(C)N=CNC(Nc4cccc(S(C)(=O)=O)c4)=N3)ccc12. The van der Waals surface area contributed by atoms with Crippen molar-refractivity contribution in [2.75, 3.05) is 16.9 Å². The van der Waals surface area contributed by atoms with Crippen molar-refractivity contribution in [3.05, 3.63) is 48.2 Å². The third-order valence-electron chi connectivity index (χ3n) is 4.50. The van der Waals surface area contributed by atoms with E-state index in [1.165, 1.54) is 6.26 Å². The quantitative estimate of drug-likeness (QED) is 0.523. The van der Waals surface area contributed by atoms with Crippen LogP contribution < -0.4 is 16.0 Å². The van der Waals surface area contributed by atoms with Crippen molar-refractivity contribution in [3.63, 3.8) is 0 Å². The van der Waals surface area contributed by atoms with Crippen molar-refractivity contribution in [1.82, 2.24) is 15.5 Å². The zero-order valence-electron chi connectivity index (χ0n) is 16.2. The van der Waals surface area contributed by atoms with E-state index < -0.39 is 15.6 Å². The first-order valence-corrected chi connectivity index (χ1v) is 10.8. The molecule has 0 saturated carbocycles. The van der Waals surface area contributed by atoms with Gasteiger partial charge in [0.2, 0.25) is 11.7 Å². The molecular formula is C19H21N7O2S. The smallest absolute Gasteiger partial charge is 0.227 e. The second kappa shape index (κ2) is 6.89. The molecule has 1 aliphatic rings. The van der Waals surface area contributed by atoms with Gasteiger partial charge in [0.05, 0.1) is 16.8 Å². The molecule has 4 rings (SSSR count). The molecule has 0 bridgehead atoms. The maximum absolute atomic E-state index is 11.8. The third kappa shape index (κ3) is 4.06. The minimum atomic E-state index is -3.29. The van der Waals surface area contributed by atoms with Crippen LogP contribution in [-0.2, 0) is 9.84 Å². The van der Waals surface area contributed by atoms with Crippen molar-refractivity contribution >= 4 is 44.4 Å². The predicted octanol–water partition coefficient (Wildman–Crippen LogP) is 2.46. The fourth-order valence-corrected chi connectivity index (χ4v) is 3.73. The Hall–Kier alpha value is -3.40. The maximum atomic E-state index is 11.8. The van der Waals surface area contributed by atoms with Crippen LogP contribution >= 0.6 is 0 Å². The molecule has 1 atom stereocenters. The van der Waals surface area contributed by atoms with Crippen molar-refractivity contribution in [1.29, 1.82) is 0 Å². The molecule has 0 fully saturated rings. The number of hydrogen-bond acceptors (Lipinski definition) is 8. The summed E-state index contributed by atoms with van der Waals surface area (Å²) >= 11 is 0. The number of aliphatic imine (C=N–C) groups is 2. The second-order valence-corrected chi connectivity index (χ2v) is 9.03. The number of benzene rings is 2. The third-order valence-corrected chi connectivity index (χ3v) is 5.61.